The van der Waals surface area contributed by atoms with Crippen LogP contribution in [0.15, 0.2) is 42.5 Å². The Bertz CT molecular complexity index is 1320. The second-order valence-corrected chi connectivity index (χ2v) is 12.1. The van der Waals surface area contributed by atoms with Crippen molar-refractivity contribution in [3.8, 4) is 12.3 Å². The lowest BCUT2D eigenvalue weighted by Gasteiger charge is -2.46. The van der Waals surface area contributed by atoms with Gasteiger partial charge in [0.25, 0.3) is 0 Å². The number of piperidine rings is 1. The number of hydrogen-bond acceptors (Lipinski definition) is 5. The minimum Gasteiger partial charge on any atom is -0.377 e. The molecule has 0 amide bonds. The van der Waals surface area contributed by atoms with Crippen molar-refractivity contribution in [3.63, 3.8) is 0 Å². The summed E-state index contributed by atoms with van der Waals surface area (Å²) in [7, 11) is 0. The monoisotopic (exact) mass is 629 g/mol. The van der Waals surface area contributed by atoms with Gasteiger partial charge < -0.3 is 24.2 Å². The average molecular weight is 630 g/mol. The van der Waals surface area contributed by atoms with E-state index in [2.05, 4.69) is 10.8 Å². The quantitative estimate of drug-likeness (QED) is 0.290. The van der Waals surface area contributed by atoms with Gasteiger partial charge in [0.1, 0.15) is 5.82 Å². The van der Waals surface area contributed by atoms with Crippen molar-refractivity contribution in [3.05, 3.63) is 70.5 Å². The number of likely N-dealkylation sites (tertiary alicyclic amines) is 1. The smallest absolute Gasteiger partial charge is 0.377 e. The van der Waals surface area contributed by atoms with E-state index in [0.29, 0.717) is 63.2 Å². The molecule has 3 fully saturated rings. The van der Waals surface area contributed by atoms with Crippen molar-refractivity contribution >= 4 is 0 Å². The number of ether oxygens (including phenoxy) is 3. The summed E-state index contributed by atoms with van der Waals surface area (Å²) in [5.41, 5.74) is -4.35. The summed E-state index contributed by atoms with van der Waals surface area (Å²) < 4.78 is 113. The van der Waals surface area contributed by atoms with Gasteiger partial charge in [0, 0.05) is 17.9 Å². The van der Waals surface area contributed by atoms with Gasteiger partial charge in [0.15, 0.2) is 11.9 Å². The summed E-state index contributed by atoms with van der Waals surface area (Å²) in [6.07, 6.45) is -4.73. The zero-order valence-corrected chi connectivity index (χ0v) is 24.1. The van der Waals surface area contributed by atoms with Gasteiger partial charge in [-0.25, -0.2) is 4.39 Å². The highest BCUT2D eigenvalue weighted by Crippen LogP contribution is 2.47. The highest BCUT2D eigenvalue weighted by atomic mass is 19.4. The van der Waals surface area contributed by atoms with E-state index in [1.807, 2.05) is 0 Å². The van der Waals surface area contributed by atoms with Crippen LogP contribution < -0.4 is 0 Å². The fourth-order valence-electron chi connectivity index (χ4n) is 6.69. The third kappa shape index (κ3) is 6.63. The number of hydrogen-bond donors (Lipinski definition) is 1. The zero-order valence-electron chi connectivity index (χ0n) is 24.1. The van der Waals surface area contributed by atoms with Gasteiger partial charge in [-0.15, -0.1) is 6.42 Å². The fraction of sp³-hybridized carbons (Fsp3) is 0.562. The summed E-state index contributed by atoms with van der Waals surface area (Å²) in [4.78, 5) is 2.23. The molecule has 0 aromatic heterocycles. The normalized spacial score (nSPS) is 28.6. The van der Waals surface area contributed by atoms with Crippen molar-refractivity contribution in [2.24, 2.45) is 11.3 Å². The van der Waals surface area contributed by atoms with Crippen LogP contribution in [-0.2, 0) is 26.6 Å². The minimum atomic E-state index is -4.99. The van der Waals surface area contributed by atoms with Crippen molar-refractivity contribution in [1.29, 1.82) is 0 Å². The molecule has 0 saturated carbocycles. The number of alkyl halides is 6. The second-order valence-electron chi connectivity index (χ2n) is 12.1. The molecule has 44 heavy (non-hydrogen) atoms. The molecule has 5 atom stereocenters. The van der Waals surface area contributed by atoms with Crippen molar-refractivity contribution in [1.82, 2.24) is 4.90 Å². The minimum absolute atomic E-state index is 0.0789. The van der Waals surface area contributed by atoms with Crippen LogP contribution in [0.2, 0.25) is 0 Å². The number of halogens is 7. The van der Waals surface area contributed by atoms with Crippen LogP contribution in [0.1, 0.15) is 60.5 Å². The number of terminal acetylenes is 1. The lowest BCUT2D eigenvalue weighted by Crippen LogP contribution is -2.54. The van der Waals surface area contributed by atoms with Gasteiger partial charge in [-0.05, 0) is 86.7 Å². The second kappa shape index (κ2) is 12.2. The van der Waals surface area contributed by atoms with Gasteiger partial charge in [0.05, 0.1) is 37.1 Å². The Morgan fingerprint density at radius 2 is 1.64 bits per heavy atom. The van der Waals surface area contributed by atoms with E-state index in [4.69, 9.17) is 20.6 Å². The molecule has 1 spiro atoms. The summed E-state index contributed by atoms with van der Waals surface area (Å²) in [6, 6.07) is 7.13. The molecule has 3 aliphatic rings. The Hall–Kier alpha value is -2.69. The fourth-order valence-corrected chi connectivity index (χ4v) is 6.69. The molecule has 12 heteroatoms. The van der Waals surface area contributed by atoms with E-state index in [1.165, 1.54) is 19.1 Å². The maximum Gasteiger partial charge on any atom is 0.416 e. The lowest BCUT2D eigenvalue weighted by atomic mass is 9.68. The van der Waals surface area contributed by atoms with Gasteiger partial charge in [-0.3, -0.25) is 0 Å². The van der Waals surface area contributed by atoms with Crippen LogP contribution in [0.5, 0.6) is 0 Å². The van der Waals surface area contributed by atoms with E-state index >= 15 is 0 Å². The molecule has 3 heterocycles. The van der Waals surface area contributed by atoms with Gasteiger partial charge >= 0.3 is 12.4 Å². The lowest BCUT2D eigenvalue weighted by molar-refractivity contribution is -0.211. The standard InChI is InChI=1S/C32H34F7NO4/c1-3-30(41)19-42-18-29(30)9-11-40(12-10-29)17-22-8-13-43-28(27(22)21-4-6-26(33)7-5-21)44-20(2)23-14-24(31(34,35)36)16-25(15-23)32(37,38)39/h1,4-7,14-16,20,22,27-28,41H,8-13,17-19H2,2H3. The Balaban J connectivity index is 1.37. The molecule has 0 radical (unpaired) electrons. The van der Waals surface area contributed by atoms with Gasteiger partial charge in [-0.1, -0.05) is 18.1 Å². The third-order valence-corrected chi connectivity index (χ3v) is 9.36. The zero-order chi connectivity index (χ0) is 31.9. The SMILES string of the molecule is C#CC1(O)COCC12CCN(CC1CCOC(OC(C)c3cc(C(F)(F)F)cc(C(F)(F)F)c3)C1c1ccc(F)cc1)CC2. The van der Waals surface area contributed by atoms with Crippen LogP contribution in [0.25, 0.3) is 0 Å². The first kappa shape index (κ1) is 32.7. The van der Waals surface area contributed by atoms with Crippen LogP contribution in [0, 0.1) is 29.5 Å². The predicted octanol–water partition coefficient (Wildman–Crippen LogP) is 6.56. The molecule has 2 aromatic rings. The third-order valence-electron chi connectivity index (χ3n) is 9.36. The van der Waals surface area contributed by atoms with Gasteiger partial charge in [-0.2, -0.15) is 26.3 Å². The Morgan fingerprint density at radius 1 is 1.02 bits per heavy atom. The highest BCUT2D eigenvalue weighted by Gasteiger charge is 2.55. The molecule has 240 valence electrons. The van der Waals surface area contributed by atoms with Gasteiger partial charge in [0.2, 0.25) is 0 Å². The topological polar surface area (TPSA) is 51.2 Å². The molecule has 0 bridgehead atoms. The predicted molar refractivity (Wildman–Crippen MR) is 146 cm³/mol. The summed E-state index contributed by atoms with van der Waals surface area (Å²) >= 11 is 0. The van der Waals surface area contributed by atoms with E-state index in [-0.39, 0.29) is 30.8 Å². The first-order chi connectivity index (χ1) is 20.6. The van der Waals surface area contributed by atoms with Crippen LogP contribution in [-0.4, -0.2) is 61.4 Å². The van der Waals surface area contributed by atoms with Crippen molar-refractivity contribution < 1.29 is 50.1 Å². The van der Waals surface area contributed by atoms with Crippen molar-refractivity contribution in [2.45, 2.75) is 62.5 Å². The molecular weight excluding hydrogens is 595 g/mol. The molecule has 3 aliphatic heterocycles. The maximum atomic E-state index is 13.9. The van der Waals surface area contributed by atoms with Crippen molar-refractivity contribution in [2.75, 3.05) is 39.5 Å². The molecule has 2 aromatic carbocycles. The molecule has 5 rings (SSSR count). The van der Waals surface area contributed by atoms with E-state index in [0.717, 1.165) is 0 Å². The van der Waals surface area contributed by atoms with E-state index in [9.17, 15) is 35.8 Å². The Morgan fingerprint density at radius 3 is 2.20 bits per heavy atom. The summed E-state index contributed by atoms with van der Waals surface area (Å²) in [5.74, 6) is 1.46. The summed E-state index contributed by atoms with van der Waals surface area (Å²) in [5, 5.41) is 11.0. The molecule has 3 saturated heterocycles. The molecule has 1 N–H and O–H groups in total. The van der Waals surface area contributed by atoms with Crippen LogP contribution in [0.4, 0.5) is 30.7 Å². The number of aliphatic hydroxyl groups is 1. The van der Waals surface area contributed by atoms with Crippen LogP contribution >= 0.6 is 0 Å². The number of rotatable bonds is 6. The first-order valence-corrected chi connectivity index (χ1v) is 14.5. The van der Waals surface area contributed by atoms with Crippen LogP contribution in [0.3, 0.4) is 0 Å². The Labute approximate surface area is 251 Å². The van der Waals surface area contributed by atoms with E-state index < -0.39 is 58.6 Å². The Kier molecular flexibility index (Phi) is 9.10. The van der Waals surface area contributed by atoms with E-state index in [1.54, 1.807) is 12.1 Å². The number of nitrogens with zero attached hydrogens (tertiary/aromatic N) is 1. The first-order valence-electron chi connectivity index (χ1n) is 14.5. The number of benzene rings is 2. The average Bonchev–Trinajstić information content (AvgIpc) is 3.29. The maximum absolute atomic E-state index is 13.9. The molecule has 5 unspecified atom stereocenters. The summed E-state index contributed by atoms with van der Waals surface area (Å²) in [6.45, 7) is 3.93. The molecular formula is C32H34F7NO4. The molecule has 5 nitrogen and oxygen atoms in total. The largest absolute Gasteiger partial charge is 0.416 e. The molecule has 0 aliphatic carbocycles. The highest BCUT2D eigenvalue weighted by molar-refractivity contribution is 5.35.